The van der Waals surface area contributed by atoms with Gasteiger partial charge in [-0.05, 0) is 25.7 Å². The molecule has 21 heavy (non-hydrogen) atoms. The summed E-state index contributed by atoms with van der Waals surface area (Å²) in [6.45, 7) is 8.23. The Morgan fingerprint density at radius 2 is 1.81 bits per heavy atom. The van der Waals surface area contributed by atoms with Crippen LogP contribution in [-0.4, -0.2) is 44.7 Å². The van der Waals surface area contributed by atoms with Gasteiger partial charge in [0.1, 0.15) is 6.04 Å². The van der Waals surface area contributed by atoms with Gasteiger partial charge in [0, 0.05) is 11.3 Å². The number of carbonyl (C=O) groups is 2. The molecule has 1 rings (SSSR count). The second-order valence-electron chi connectivity index (χ2n) is 5.61. The molecular formula is C15H28N2O3S. The summed E-state index contributed by atoms with van der Waals surface area (Å²) in [6, 6.07) is -0.939. The summed E-state index contributed by atoms with van der Waals surface area (Å²) in [5, 5.41) is 12.4. The predicted molar refractivity (Wildman–Crippen MR) is 86.6 cm³/mol. The van der Waals surface area contributed by atoms with Crippen LogP contribution in [-0.2, 0) is 4.79 Å². The number of carboxylic acids is 1. The zero-order valence-electron chi connectivity index (χ0n) is 13.5. The maximum Gasteiger partial charge on any atom is 0.327 e. The minimum atomic E-state index is -0.911. The van der Waals surface area contributed by atoms with Crippen molar-refractivity contribution in [3.63, 3.8) is 0 Å². The molecule has 0 aromatic carbocycles. The highest BCUT2D eigenvalue weighted by atomic mass is 32.2. The summed E-state index contributed by atoms with van der Waals surface area (Å²) >= 11 is 1.57. The lowest BCUT2D eigenvalue weighted by Crippen LogP contribution is -2.56. The third kappa shape index (κ3) is 4.05. The van der Waals surface area contributed by atoms with Crippen LogP contribution in [0.2, 0.25) is 0 Å². The fourth-order valence-electron chi connectivity index (χ4n) is 2.80. The third-order valence-corrected chi connectivity index (χ3v) is 5.91. The number of nitrogens with one attached hydrogen (secondary N) is 1. The van der Waals surface area contributed by atoms with Gasteiger partial charge in [-0.2, -0.15) is 0 Å². The van der Waals surface area contributed by atoms with Crippen LogP contribution in [0, 0.1) is 0 Å². The number of amides is 2. The van der Waals surface area contributed by atoms with E-state index < -0.39 is 12.0 Å². The molecule has 1 saturated heterocycles. The number of aliphatic carboxylic acids is 1. The zero-order valence-corrected chi connectivity index (χ0v) is 14.3. The molecule has 1 aliphatic rings. The monoisotopic (exact) mass is 316 g/mol. The van der Waals surface area contributed by atoms with Gasteiger partial charge < -0.3 is 10.4 Å². The van der Waals surface area contributed by atoms with E-state index in [0.29, 0.717) is 5.75 Å². The van der Waals surface area contributed by atoms with Crippen LogP contribution in [0.4, 0.5) is 4.79 Å². The van der Waals surface area contributed by atoms with Crippen molar-refractivity contribution in [2.75, 3.05) is 5.75 Å². The summed E-state index contributed by atoms with van der Waals surface area (Å²) in [4.78, 5) is 25.6. The van der Waals surface area contributed by atoms with Crippen molar-refractivity contribution in [3.05, 3.63) is 0 Å². The number of rotatable bonds is 7. The Morgan fingerprint density at radius 3 is 2.24 bits per heavy atom. The van der Waals surface area contributed by atoms with E-state index in [2.05, 4.69) is 33.0 Å². The highest BCUT2D eigenvalue weighted by Gasteiger charge is 2.42. The Kier molecular flexibility index (Phi) is 6.84. The summed E-state index contributed by atoms with van der Waals surface area (Å²) in [5.41, 5.74) is -0.232. The van der Waals surface area contributed by atoms with Crippen LogP contribution in [0.1, 0.15) is 59.8 Å². The smallest absolute Gasteiger partial charge is 0.327 e. The third-order valence-electron chi connectivity index (χ3n) is 4.55. The fraction of sp³-hybridized carbons (Fsp3) is 0.867. The van der Waals surface area contributed by atoms with Crippen LogP contribution in [0.25, 0.3) is 0 Å². The molecule has 0 radical (unpaired) electrons. The molecule has 2 atom stereocenters. The first-order chi connectivity index (χ1) is 9.94. The number of hydrogen-bond donors (Lipinski definition) is 2. The van der Waals surface area contributed by atoms with E-state index in [9.17, 15) is 14.7 Å². The van der Waals surface area contributed by atoms with Gasteiger partial charge in [0.25, 0.3) is 0 Å². The van der Waals surface area contributed by atoms with Gasteiger partial charge in [0.05, 0.1) is 5.37 Å². The number of carbonyl (C=O) groups excluding carboxylic acids is 1. The van der Waals surface area contributed by atoms with Crippen LogP contribution in [0.5, 0.6) is 0 Å². The molecule has 122 valence electrons. The zero-order chi connectivity index (χ0) is 16.0. The Balaban J connectivity index is 2.91. The Morgan fingerprint density at radius 1 is 1.24 bits per heavy atom. The van der Waals surface area contributed by atoms with Crippen molar-refractivity contribution in [1.82, 2.24) is 10.2 Å². The molecule has 6 heteroatoms. The number of urea groups is 1. The topological polar surface area (TPSA) is 69.6 Å². The lowest BCUT2D eigenvalue weighted by atomic mass is 9.90. The molecule has 0 aromatic heterocycles. The van der Waals surface area contributed by atoms with Crippen molar-refractivity contribution >= 4 is 23.8 Å². The molecule has 1 aliphatic heterocycles. The molecule has 2 N–H and O–H groups in total. The van der Waals surface area contributed by atoms with Crippen molar-refractivity contribution in [3.8, 4) is 0 Å². The standard InChI is InChI=1S/C15H28N2O3S/c1-5-9-12-17(11(10-21-12)13(18)19)14(20)16-15(6-2,7-3)8-4/h11-12H,5-10H2,1-4H3,(H,16,20)(H,18,19). The second-order valence-corrected chi connectivity index (χ2v) is 6.82. The Bertz CT molecular complexity index is 364. The molecule has 1 heterocycles. The van der Waals surface area contributed by atoms with Gasteiger partial charge in [-0.25, -0.2) is 9.59 Å². The van der Waals surface area contributed by atoms with E-state index >= 15 is 0 Å². The number of thioether (sulfide) groups is 1. The average Bonchev–Trinajstić information content (AvgIpc) is 2.89. The van der Waals surface area contributed by atoms with E-state index in [-0.39, 0.29) is 16.9 Å². The van der Waals surface area contributed by atoms with Gasteiger partial charge in [0.2, 0.25) is 0 Å². The minimum absolute atomic E-state index is 0.0284. The largest absolute Gasteiger partial charge is 0.480 e. The van der Waals surface area contributed by atoms with Crippen molar-refractivity contribution in [2.24, 2.45) is 0 Å². The molecule has 0 aromatic rings. The van der Waals surface area contributed by atoms with Crippen LogP contribution in [0.15, 0.2) is 0 Å². The SMILES string of the molecule is CCCC1SCC(C(=O)O)N1C(=O)NC(CC)(CC)CC. The fourth-order valence-corrected chi connectivity index (χ4v) is 4.32. The van der Waals surface area contributed by atoms with Crippen LogP contribution >= 0.6 is 11.8 Å². The first kappa shape index (κ1) is 18.1. The lowest BCUT2D eigenvalue weighted by Gasteiger charge is -2.36. The van der Waals surface area contributed by atoms with E-state index in [1.54, 1.807) is 16.7 Å². The normalized spacial score (nSPS) is 22.4. The van der Waals surface area contributed by atoms with Gasteiger partial charge in [0.15, 0.2) is 0 Å². The molecule has 1 fully saturated rings. The summed E-state index contributed by atoms with van der Waals surface area (Å²) in [5.74, 6) is -0.434. The van der Waals surface area contributed by atoms with Gasteiger partial charge in [-0.3, -0.25) is 4.90 Å². The van der Waals surface area contributed by atoms with Gasteiger partial charge in [-0.15, -0.1) is 11.8 Å². The average molecular weight is 316 g/mol. The molecule has 0 aliphatic carbocycles. The summed E-state index contributed by atoms with van der Waals surface area (Å²) in [6.07, 6.45) is 4.32. The van der Waals surface area contributed by atoms with Crippen molar-refractivity contribution < 1.29 is 14.7 Å². The lowest BCUT2D eigenvalue weighted by molar-refractivity contribution is -0.141. The molecule has 2 unspecified atom stereocenters. The van der Waals surface area contributed by atoms with Crippen LogP contribution < -0.4 is 5.32 Å². The first-order valence-corrected chi connectivity index (χ1v) is 8.94. The number of nitrogens with zero attached hydrogens (tertiary/aromatic N) is 1. The number of hydrogen-bond acceptors (Lipinski definition) is 3. The molecule has 0 saturated carbocycles. The maximum absolute atomic E-state index is 12.7. The molecule has 0 spiro atoms. The molecule has 2 amide bonds. The first-order valence-electron chi connectivity index (χ1n) is 7.89. The Hall–Kier alpha value is -0.910. The van der Waals surface area contributed by atoms with E-state index in [0.717, 1.165) is 32.1 Å². The highest BCUT2D eigenvalue weighted by molar-refractivity contribution is 8.00. The predicted octanol–water partition coefficient (Wildman–Crippen LogP) is 3.29. The second kappa shape index (κ2) is 7.92. The van der Waals surface area contributed by atoms with E-state index in [4.69, 9.17) is 0 Å². The summed E-state index contributed by atoms with van der Waals surface area (Å²) in [7, 11) is 0. The minimum Gasteiger partial charge on any atom is -0.480 e. The van der Waals surface area contributed by atoms with Crippen molar-refractivity contribution in [2.45, 2.75) is 76.8 Å². The van der Waals surface area contributed by atoms with Gasteiger partial charge >= 0.3 is 12.0 Å². The maximum atomic E-state index is 12.7. The molecule has 0 bridgehead atoms. The highest BCUT2D eigenvalue weighted by Crippen LogP contribution is 2.33. The van der Waals surface area contributed by atoms with Crippen LogP contribution in [0.3, 0.4) is 0 Å². The van der Waals surface area contributed by atoms with Gasteiger partial charge in [-0.1, -0.05) is 34.1 Å². The van der Waals surface area contributed by atoms with Crippen molar-refractivity contribution in [1.29, 1.82) is 0 Å². The summed E-state index contributed by atoms with van der Waals surface area (Å²) < 4.78 is 0. The number of carboxylic acid groups (broad SMARTS) is 1. The quantitative estimate of drug-likeness (QED) is 0.756. The molecular weight excluding hydrogens is 288 g/mol. The molecule has 5 nitrogen and oxygen atoms in total. The Labute approximate surface area is 131 Å². The van der Waals surface area contributed by atoms with E-state index in [1.807, 2.05) is 0 Å². The van der Waals surface area contributed by atoms with E-state index in [1.165, 1.54) is 0 Å².